The van der Waals surface area contributed by atoms with Crippen molar-refractivity contribution in [2.75, 3.05) is 11.4 Å². The molecule has 4 nitrogen and oxygen atoms in total. The van der Waals surface area contributed by atoms with Gasteiger partial charge in [-0.2, -0.15) is 21.6 Å². The van der Waals surface area contributed by atoms with E-state index in [0.717, 1.165) is 7.05 Å². The summed E-state index contributed by atoms with van der Waals surface area (Å²) in [5.74, 6) is 0. The molecule has 0 amide bonds. The van der Waals surface area contributed by atoms with Crippen LogP contribution in [0.15, 0.2) is 24.3 Å². The van der Waals surface area contributed by atoms with Crippen LogP contribution in [-0.4, -0.2) is 21.0 Å². The van der Waals surface area contributed by atoms with Crippen LogP contribution in [0.5, 0.6) is 0 Å². The van der Waals surface area contributed by atoms with Gasteiger partial charge in [0.1, 0.15) is 0 Å². The van der Waals surface area contributed by atoms with Crippen molar-refractivity contribution in [2.45, 2.75) is 12.1 Å². The fourth-order valence-corrected chi connectivity index (χ4v) is 2.02. The van der Waals surface area contributed by atoms with Crippen molar-refractivity contribution in [3.8, 4) is 0 Å². The number of nitrogens with two attached hydrogens (primary N) is 1. The number of alkyl halides is 3. The Morgan fingerprint density at radius 1 is 1.29 bits per heavy atom. The van der Waals surface area contributed by atoms with Gasteiger partial charge in [-0.15, -0.1) is 0 Å². The van der Waals surface area contributed by atoms with Crippen LogP contribution in [0.3, 0.4) is 0 Å². The number of hydrogen-bond acceptors (Lipinski definition) is 3. The monoisotopic (exact) mass is 268 g/mol. The van der Waals surface area contributed by atoms with E-state index < -0.39 is 15.5 Å². The third-order valence-electron chi connectivity index (χ3n) is 2.20. The Balaban J connectivity index is 3.27. The largest absolute Gasteiger partial charge is 0.516 e. The third-order valence-corrected chi connectivity index (χ3v) is 3.71. The quantitative estimate of drug-likeness (QED) is 0.902. The molecule has 1 rings (SSSR count). The summed E-state index contributed by atoms with van der Waals surface area (Å²) in [5.41, 5.74) is 0.254. The summed E-state index contributed by atoms with van der Waals surface area (Å²) >= 11 is 0. The van der Waals surface area contributed by atoms with Crippen LogP contribution < -0.4 is 10.0 Å². The lowest BCUT2D eigenvalue weighted by Gasteiger charge is -2.22. The molecular formula is C9H11F3N2O2S. The molecule has 2 N–H and O–H groups in total. The predicted molar refractivity (Wildman–Crippen MR) is 57.7 cm³/mol. The first-order valence-electron chi connectivity index (χ1n) is 4.55. The summed E-state index contributed by atoms with van der Waals surface area (Å²) in [4.78, 5) is 0. The molecule has 8 heteroatoms. The van der Waals surface area contributed by atoms with Gasteiger partial charge in [-0.3, -0.25) is 4.31 Å². The summed E-state index contributed by atoms with van der Waals surface area (Å²) in [6, 6.07) is 5.75. The molecule has 0 aliphatic rings. The first-order chi connectivity index (χ1) is 7.71. The second-order valence-electron chi connectivity index (χ2n) is 3.25. The summed E-state index contributed by atoms with van der Waals surface area (Å²) < 4.78 is 59.6. The number of hydrogen-bond donors (Lipinski definition) is 1. The summed E-state index contributed by atoms with van der Waals surface area (Å²) in [6.07, 6.45) is 0. The smallest absolute Gasteiger partial charge is 0.326 e. The van der Waals surface area contributed by atoms with Gasteiger partial charge in [0.15, 0.2) is 0 Å². The second-order valence-corrected chi connectivity index (χ2v) is 5.21. The molecule has 17 heavy (non-hydrogen) atoms. The fraction of sp³-hybridized carbons (Fsp3) is 0.333. The van der Waals surface area contributed by atoms with E-state index in [1.54, 1.807) is 6.07 Å². The normalized spacial score (nSPS) is 12.5. The van der Waals surface area contributed by atoms with Crippen LogP contribution in [0.1, 0.15) is 5.56 Å². The van der Waals surface area contributed by atoms with E-state index >= 15 is 0 Å². The number of anilines is 1. The lowest BCUT2D eigenvalue weighted by molar-refractivity contribution is -0.0437. The van der Waals surface area contributed by atoms with Crippen molar-refractivity contribution in [1.82, 2.24) is 0 Å². The van der Waals surface area contributed by atoms with Crippen molar-refractivity contribution in [3.05, 3.63) is 29.8 Å². The first kappa shape index (κ1) is 13.8. The lowest BCUT2D eigenvalue weighted by atomic mass is 10.2. The number of halogens is 3. The van der Waals surface area contributed by atoms with Gasteiger partial charge in [-0.1, -0.05) is 18.2 Å². The molecule has 0 radical (unpaired) electrons. The van der Waals surface area contributed by atoms with Crippen molar-refractivity contribution in [1.29, 1.82) is 0 Å². The SMILES string of the molecule is CN(c1ccccc1CN)S(=O)(=O)C(F)(F)F. The molecule has 0 atom stereocenters. The molecule has 0 aromatic heterocycles. The van der Waals surface area contributed by atoms with Gasteiger partial charge in [-0.05, 0) is 11.6 Å². The molecule has 0 aliphatic heterocycles. The van der Waals surface area contributed by atoms with E-state index in [4.69, 9.17) is 5.73 Å². The van der Waals surface area contributed by atoms with E-state index in [0.29, 0.717) is 5.56 Å². The molecule has 96 valence electrons. The minimum absolute atomic E-state index is 0.0477. The molecule has 0 unspecified atom stereocenters. The average molecular weight is 268 g/mol. The standard InChI is InChI=1S/C9H11F3N2O2S/c1-14(17(15,16)9(10,11)12)8-5-3-2-4-7(8)6-13/h2-5H,6,13H2,1H3. The van der Waals surface area contributed by atoms with Crippen LogP contribution in [0.4, 0.5) is 18.9 Å². The van der Waals surface area contributed by atoms with Gasteiger partial charge in [0.05, 0.1) is 5.69 Å². The Morgan fingerprint density at radius 2 is 1.82 bits per heavy atom. The number of para-hydroxylation sites is 1. The molecule has 0 heterocycles. The van der Waals surface area contributed by atoms with E-state index in [1.165, 1.54) is 18.2 Å². The van der Waals surface area contributed by atoms with E-state index in [9.17, 15) is 21.6 Å². The average Bonchev–Trinajstić information content (AvgIpc) is 2.26. The van der Waals surface area contributed by atoms with E-state index in [2.05, 4.69) is 0 Å². The fourth-order valence-electron chi connectivity index (χ4n) is 1.28. The Kier molecular flexibility index (Phi) is 3.68. The molecule has 0 aliphatic carbocycles. The van der Waals surface area contributed by atoms with Crippen LogP contribution in [0.2, 0.25) is 0 Å². The lowest BCUT2D eigenvalue weighted by Crippen LogP contribution is -2.38. The maximum absolute atomic E-state index is 12.3. The van der Waals surface area contributed by atoms with Gasteiger partial charge in [0.2, 0.25) is 0 Å². The highest BCUT2D eigenvalue weighted by molar-refractivity contribution is 7.93. The van der Waals surface area contributed by atoms with Gasteiger partial charge in [0, 0.05) is 13.6 Å². The highest BCUT2D eigenvalue weighted by Gasteiger charge is 2.49. The molecule has 1 aromatic rings. The zero-order valence-electron chi connectivity index (χ0n) is 8.90. The second kappa shape index (κ2) is 4.53. The third kappa shape index (κ3) is 2.52. The zero-order valence-corrected chi connectivity index (χ0v) is 9.72. The topological polar surface area (TPSA) is 63.4 Å². The van der Waals surface area contributed by atoms with Crippen LogP contribution >= 0.6 is 0 Å². The van der Waals surface area contributed by atoms with Crippen LogP contribution in [0.25, 0.3) is 0 Å². The first-order valence-corrected chi connectivity index (χ1v) is 5.99. The highest BCUT2D eigenvalue weighted by atomic mass is 32.2. The van der Waals surface area contributed by atoms with E-state index in [1.807, 2.05) is 0 Å². The maximum Gasteiger partial charge on any atom is 0.516 e. The molecular weight excluding hydrogens is 257 g/mol. The summed E-state index contributed by atoms with van der Waals surface area (Å²) in [5, 5.41) is 0. The molecule has 0 fully saturated rings. The molecule has 0 bridgehead atoms. The van der Waals surface area contributed by atoms with Crippen molar-refractivity contribution >= 4 is 15.7 Å². The van der Waals surface area contributed by atoms with Gasteiger partial charge >= 0.3 is 15.5 Å². The molecule has 0 spiro atoms. The Morgan fingerprint density at radius 3 is 2.29 bits per heavy atom. The van der Waals surface area contributed by atoms with Crippen molar-refractivity contribution in [3.63, 3.8) is 0 Å². The van der Waals surface area contributed by atoms with Crippen molar-refractivity contribution < 1.29 is 21.6 Å². The van der Waals surface area contributed by atoms with E-state index in [-0.39, 0.29) is 16.5 Å². The summed E-state index contributed by atoms with van der Waals surface area (Å²) in [7, 11) is -4.54. The minimum atomic E-state index is -5.38. The predicted octanol–water partition coefficient (Wildman–Crippen LogP) is 1.43. The van der Waals surface area contributed by atoms with Gasteiger partial charge < -0.3 is 5.73 Å². The molecule has 0 saturated carbocycles. The summed E-state index contributed by atoms with van der Waals surface area (Å²) in [6.45, 7) is -0.0477. The van der Waals surface area contributed by atoms with Gasteiger partial charge in [0.25, 0.3) is 0 Å². The Bertz CT molecular complexity index is 499. The molecule has 1 aromatic carbocycles. The molecule has 0 saturated heterocycles. The maximum atomic E-state index is 12.3. The Labute approximate surface area is 96.9 Å². The number of rotatable bonds is 3. The number of nitrogens with zero attached hydrogens (tertiary/aromatic N) is 1. The van der Waals surface area contributed by atoms with Crippen molar-refractivity contribution in [2.24, 2.45) is 5.73 Å². The number of sulfonamides is 1. The minimum Gasteiger partial charge on any atom is -0.326 e. The highest BCUT2D eigenvalue weighted by Crippen LogP contribution is 2.31. The van der Waals surface area contributed by atoms with Gasteiger partial charge in [-0.25, -0.2) is 0 Å². The Hall–Kier alpha value is -1.28. The zero-order chi connectivity index (χ0) is 13.3. The van der Waals surface area contributed by atoms with Crippen LogP contribution in [-0.2, 0) is 16.6 Å². The van der Waals surface area contributed by atoms with Crippen LogP contribution in [0, 0.1) is 0 Å². The number of benzene rings is 1.